The van der Waals surface area contributed by atoms with Gasteiger partial charge < -0.3 is 9.84 Å². The van der Waals surface area contributed by atoms with E-state index in [9.17, 15) is 9.50 Å². The zero-order valence-corrected chi connectivity index (χ0v) is 11.6. The van der Waals surface area contributed by atoms with Crippen molar-refractivity contribution < 1.29 is 14.2 Å². The number of nitrogens with zero attached hydrogens (tertiary/aromatic N) is 1. The number of halogens is 1. The first-order valence-corrected chi connectivity index (χ1v) is 6.76. The van der Waals surface area contributed by atoms with Crippen LogP contribution in [0.2, 0.25) is 0 Å². The molecular formula is C15H22FNO2. The van der Waals surface area contributed by atoms with E-state index in [0.29, 0.717) is 25.1 Å². The number of aliphatic hydroxyl groups excluding tert-OH is 1. The fraction of sp³-hybridized carbons (Fsp3) is 0.600. The molecule has 1 saturated heterocycles. The van der Waals surface area contributed by atoms with E-state index in [2.05, 4.69) is 11.8 Å². The van der Waals surface area contributed by atoms with Crippen molar-refractivity contribution in [2.24, 2.45) is 0 Å². The zero-order valence-electron chi connectivity index (χ0n) is 11.6. The van der Waals surface area contributed by atoms with Gasteiger partial charge in [-0.05, 0) is 37.0 Å². The Morgan fingerprint density at radius 3 is 2.74 bits per heavy atom. The van der Waals surface area contributed by atoms with Gasteiger partial charge in [0.2, 0.25) is 0 Å². The van der Waals surface area contributed by atoms with Crippen molar-refractivity contribution in [2.75, 3.05) is 26.8 Å². The Morgan fingerprint density at radius 2 is 2.11 bits per heavy atom. The van der Waals surface area contributed by atoms with E-state index >= 15 is 0 Å². The highest BCUT2D eigenvalue weighted by Gasteiger charge is 2.30. The molecule has 4 heteroatoms. The summed E-state index contributed by atoms with van der Waals surface area (Å²) >= 11 is 0. The molecule has 1 heterocycles. The molecule has 3 nitrogen and oxygen atoms in total. The summed E-state index contributed by atoms with van der Waals surface area (Å²) in [6.45, 7) is 4.08. The molecule has 106 valence electrons. The largest absolute Gasteiger partial charge is 0.389 e. The molecule has 1 fully saturated rings. The lowest BCUT2D eigenvalue weighted by Gasteiger charge is -2.23. The summed E-state index contributed by atoms with van der Waals surface area (Å²) in [5.41, 5.74) is 1.18. The average Bonchev–Trinajstić information content (AvgIpc) is 2.72. The molecule has 0 radical (unpaired) electrons. The minimum Gasteiger partial charge on any atom is -0.389 e. The van der Waals surface area contributed by atoms with Crippen LogP contribution in [0.25, 0.3) is 0 Å². The van der Waals surface area contributed by atoms with Gasteiger partial charge in [0.15, 0.2) is 0 Å². The van der Waals surface area contributed by atoms with Crippen molar-refractivity contribution in [1.29, 1.82) is 0 Å². The minimum absolute atomic E-state index is 0.192. The van der Waals surface area contributed by atoms with Gasteiger partial charge in [-0.2, -0.15) is 0 Å². The van der Waals surface area contributed by atoms with Crippen LogP contribution in [0.5, 0.6) is 0 Å². The Hall–Kier alpha value is -0.970. The number of β-amino-alcohol motifs (C(OH)–C–C–N with tert-alkyl or cyclic N) is 1. The zero-order chi connectivity index (χ0) is 13.8. The van der Waals surface area contributed by atoms with Crippen LogP contribution in [0, 0.1) is 5.82 Å². The second-order valence-corrected chi connectivity index (χ2v) is 5.40. The fourth-order valence-corrected chi connectivity index (χ4v) is 2.85. The van der Waals surface area contributed by atoms with Crippen molar-refractivity contribution in [3.8, 4) is 0 Å². The number of hydrogen-bond donors (Lipinski definition) is 1. The quantitative estimate of drug-likeness (QED) is 0.886. The van der Waals surface area contributed by atoms with Crippen LogP contribution in [-0.2, 0) is 4.74 Å². The Labute approximate surface area is 114 Å². The number of methoxy groups -OCH3 is 1. The molecule has 19 heavy (non-hydrogen) atoms. The van der Waals surface area contributed by atoms with Crippen LogP contribution in [0.3, 0.4) is 0 Å². The number of benzene rings is 1. The SMILES string of the molecule is COC[C@@H](O)CN1C[C@@H](c2ccc(F)cc2)C[C@@H]1C. The maximum Gasteiger partial charge on any atom is 0.123 e. The first kappa shape index (κ1) is 14.4. The number of aliphatic hydroxyl groups is 1. The Balaban J connectivity index is 1.95. The standard InChI is InChI=1S/C15H22FNO2/c1-11-7-13(12-3-5-14(16)6-4-12)8-17(11)9-15(18)10-19-2/h3-6,11,13,15,18H,7-10H2,1-2H3/t11-,13-,15-/m0/s1. The van der Waals surface area contributed by atoms with E-state index < -0.39 is 6.10 Å². The highest BCUT2D eigenvalue weighted by atomic mass is 19.1. The summed E-state index contributed by atoms with van der Waals surface area (Å²) in [5, 5.41) is 9.80. The smallest absolute Gasteiger partial charge is 0.123 e. The first-order chi connectivity index (χ1) is 9.10. The van der Waals surface area contributed by atoms with Crippen LogP contribution >= 0.6 is 0 Å². The molecular weight excluding hydrogens is 245 g/mol. The maximum absolute atomic E-state index is 12.9. The molecule has 0 aliphatic carbocycles. The predicted molar refractivity (Wildman–Crippen MR) is 72.7 cm³/mol. The summed E-state index contributed by atoms with van der Waals surface area (Å²) < 4.78 is 17.9. The fourth-order valence-electron chi connectivity index (χ4n) is 2.85. The van der Waals surface area contributed by atoms with Gasteiger partial charge in [-0.3, -0.25) is 4.90 Å². The van der Waals surface area contributed by atoms with Crippen LogP contribution in [0.4, 0.5) is 4.39 Å². The van der Waals surface area contributed by atoms with E-state index in [1.165, 1.54) is 17.7 Å². The van der Waals surface area contributed by atoms with Crippen molar-refractivity contribution >= 4 is 0 Å². The Kier molecular flexibility index (Phi) is 4.91. The third-order valence-corrected chi connectivity index (χ3v) is 3.85. The lowest BCUT2D eigenvalue weighted by atomic mass is 9.97. The second kappa shape index (κ2) is 6.46. The van der Waals surface area contributed by atoms with Crippen LogP contribution < -0.4 is 0 Å². The Morgan fingerprint density at radius 1 is 1.42 bits per heavy atom. The molecule has 0 bridgehead atoms. The molecule has 1 N–H and O–H groups in total. The molecule has 0 saturated carbocycles. The van der Waals surface area contributed by atoms with Gasteiger partial charge in [-0.1, -0.05) is 12.1 Å². The van der Waals surface area contributed by atoms with Crippen LogP contribution in [0.1, 0.15) is 24.8 Å². The first-order valence-electron chi connectivity index (χ1n) is 6.76. The van der Waals surface area contributed by atoms with Gasteiger partial charge in [0.25, 0.3) is 0 Å². The number of rotatable bonds is 5. The lowest BCUT2D eigenvalue weighted by molar-refractivity contribution is 0.0360. The second-order valence-electron chi connectivity index (χ2n) is 5.40. The number of hydrogen-bond acceptors (Lipinski definition) is 3. The normalized spacial score (nSPS) is 25.7. The summed E-state index contributed by atoms with van der Waals surface area (Å²) in [7, 11) is 1.60. The maximum atomic E-state index is 12.9. The molecule has 0 spiro atoms. The molecule has 0 unspecified atom stereocenters. The van der Waals surface area contributed by atoms with Gasteiger partial charge in [-0.25, -0.2) is 4.39 Å². The molecule has 0 aromatic heterocycles. The van der Waals surface area contributed by atoms with E-state index in [1.54, 1.807) is 7.11 Å². The number of likely N-dealkylation sites (tertiary alicyclic amines) is 1. The van der Waals surface area contributed by atoms with Gasteiger partial charge in [0, 0.05) is 26.2 Å². The van der Waals surface area contributed by atoms with E-state index in [0.717, 1.165) is 13.0 Å². The number of ether oxygens (including phenoxy) is 1. The lowest BCUT2D eigenvalue weighted by Crippen LogP contribution is -2.36. The van der Waals surface area contributed by atoms with E-state index in [-0.39, 0.29) is 5.82 Å². The molecule has 2 rings (SSSR count). The summed E-state index contributed by atoms with van der Waals surface area (Å²) in [6, 6.07) is 7.19. The molecule has 1 aromatic rings. The van der Waals surface area contributed by atoms with E-state index in [4.69, 9.17) is 4.74 Å². The van der Waals surface area contributed by atoms with Gasteiger partial charge in [0.05, 0.1) is 12.7 Å². The van der Waals surface area contributed by atoms with Crippen LogP contribution in [0.15, 0.2) is 24.3 Å². The summed E-state index contributed by atoms with van der Waals surface area (Å²) in [6.07, 6.45) is 0.602. The molecule has 1 aliphatic rings. The highest BCUT2D eigenvalue weighted by molar-refractivity contribution is 5.22. The van der Waals surface area contributed by atoms with E-state index in [1.807, 2.05) is 12.1 Å². The van der Waals surface area contributed by atoms with Crippen molar-refractivity contribution in [3.63, 3.8) is 0 Å². The monoisotopic (exact) mass is 267 g/mol. The van der Waals surface area contributed by atoms with Crippen molar-refractivity contribution in [2.45, 2.75) is 31.4 Å². The van der Waals surface area contributed by atoms with Gasteiger partial charge in [-0.15, -0.1) is 0 Å². The minimum atomic E-state index is -0.445. The topological polar surface area (TPSA) is 32.7 Å². The third-order valence-electron chi connectivity index (χ3n) is 3.85. The van der Waals surface area contributed by atoms with Crippen molar-refractivity contribution in [3.05, 3.63) is 35.6 Å². The molecule has 3 atom stereocenters. The van der Waals surface area contributed by atoms with Gasteiger partial charge >= 0.3 is 0 Å². The predicted octanol–water partition coefficient (Wildman–Crippen LogP) is 2.01. The third kappa shape index (κ3) is 3.75. The Bertz CT molecular complexity index is 396. The molecule has 1 aliphatic heterocycles. The molecule has 0 amide bonds. The summed E-state index contributed by atoms with van der Waals surface area (Å²) in [5.74, 6) is 0.229. The highest BCUT2D eigenvalue weighted by Crippen LogP contribution is 2.31. The molecule has 1 aromatic carbocycles. The van der Waals surface area contributed by atoms with Crippen LogP contribution in [-0.4, -0.2) is 49.0 Å². The summed E-state index contributed by atoms with van der Waals surface area (Å²) in [4.78, 5) is 2.28. The van der Waals surface area contributed by atoms with Crippen molar-refractivity contribution in [1.82, 2.24) is 4.90 Å². The van der Waals surface area contributed by atoms with Gasteiger partial charge in [0.1, 0.15) is 5.82 Å². The average molecular weight is 267 g/mol.